The Balaban J connectivity index is 1.41. The normalized spacial score (nSPS) is 16.0. The fraction of sp³-hybridized carbons (Fsp3) is 0.314. The highest BCUT2D eigenvalue weighted by Gasteiger charge is 2.46. The van der Waals surface area contributed by atoms with Gasteiger partial charge in [0, 0.05) is 27.0 Å². The third-order valence-corrected chi connectivity index (χ3v) is 10.3. The Morgan fingerprint density at radius 2 is 1.81 bits per heavy atom. The second kappa shape index (κ2) is 12.5. The number of hydrogen-bond donors (Lipinski definition) is 2. The summed E-state index contributed by atoms with van der Waals surface area (Å²) in [6, 6.07) is 25.5. The number of carboxylic acids is 1. The fourth-order valence-electron chi connectivity index (χ4n) is 5.59. The Labute approximate surface area is 254 Å². The molecule has 1 fully saturated rings. The van der Waals surface area contributed by atoms with Crippen LogP contribution in [0.3, 0.4) is 0 Å². The molecule has 7 heteroatoms. The van der Waals surface area contributed by atoms with Crippen LogP contribution in [0.5, 0.6) is 0 Å². The fourth-order valence-corrected chi connectivity index (χ4v) is 7.78. The molecule has 2 N–H and O–H groups in total. The van der Waals surface area contributed by atoms with Crippen molar-refractivity contribution in [2.45, 2.75) is 56.8 Å². The van der Waals surface area contributed by atoms with E-state index in [4.69, 9.17) is 16.6 Å². The van der Waals surface area contributed by atoms with E-state index < -0.39 is 22.4 Å². The first kappa shape index (κ1) is 30.1. The molecule has 0 amide bonds. The van der Waals surface area contributed by atoms with Crippen LogP contribution in [0.1, 0.15) is 72.7 Å². The molecule has 0 bridgehead atoms. The first-order valence-corrected chi connectivity index (χ1v) is 16.0. The van der Waals surface area contributed by atoms with Crippen molar-refractivity contribution in [2.75, 3.05) is 5.75 Å². The Bertz CT molecular complexity index is 1650. The molecule has 1 unspecified atom stereocenters. The van der Waals surface area contributed by atoms with Crippen LogP contribution >= 0.6 is 11.6 Å². The molecule has 5 nitrogen and oxygen atoms in total. The van der Waals surface area contributed by atoms with Gasteiger partial charge in [-0.15, -0.1) is 0 Å². The van der Waals surface area contributed by atoms with E-state index in [0.29, 0.717) is 23.6 Å². The van der Waals surface area contributed by atoms with Crippen molar-refractivity contribution in [3.63, 3.8) is 0 Å². The Kier molecular flexibility index (Phi) is 8.97. The third kappa shape index (κ3) is 7.54. The summed E-state index contributed by atoms with van der Waals surface area (Å²) in [4.78, 5) is 16.2. The lowest BCUT2D eigenvalue weighted by molar-refractivity contribution is -0.138. The SMILES string of the molecule is CC(C)(O)c1ccccc1CCC(c1cccc(/C=C/c2ccc3ccc(Cl)cc3n2)c1)[S@@](=O)CC1(CC(=O)O)CC1. The van der Waals surface area contributed by atoms with E-state index >= 15 is 0 Å². The Morgan fingerprint density at radius 3 is 2.55 bits per heavy atom. The van der Waals surface area contributed by atoms with Crippen molar-refractivity contribution >= 4 is 51.4 Å². The summed E-state index contributed by atoms with van der Waals surface area (Å²) in [6.45, 7) is 3.55. The lowest BCUT2D eigenvalue weighted by Gasteiger charge is -2.24. The van der Waals surface area contributed by atoms with E-state index in [1.54, 1.807) is 13.8 Å². The second-order valence-corrected chi connectivity index (χ2v) is 14.0. The molecule has 1 heterocycles. The van der Waals surface area contributed by atoms with Crippen molar-refractivity contribution in [1.29, 1.82) is 0 Å². The molecule has 4 aromatic rings. The molecule has 1 aliphatic carbocycles. The molecule has 42 heavy (non-hydrogen) atoms. The van der Waals surface area contributed by atoms with Crippen molar-refractivity contribution in [1.82, 2.24) is 4.98 Å². The molecule has 0 spiro atoms. The summed E-state index contributed by atoms with van der Waals surface area (Å²) in [5.41, 5.74) is 4.09. The summed E-state index contributed by atoms with van der Waals surface area (Å²) in [6.07, 6.45) is 6.86. The van der Waals surface area contributed by atoms with Crippen LogP contribution in [0.2, 0.25) is 5.02 Å². The summed E-state index contributed by atoms with van der Waals surface area (Å²) in [7, 11) is -1.27. The molecular weight excluding hydrogens is 566 g/mol. The molecule has 1 saturated carbocycles. The maximum Gasteiger partial charge on any atom is 0.303 e. The van der Waals surface area contributed by atoms with E-state index in [1.165, 1.54) is 0 Å². The minimum absolute atomic E-state index is 0.0553. The third-order valence-electron chi connectivity index (χ3n) is 8.01. The van der Waals surface area contributed by atoms with Gasteiger partial charge < -0.3 is 10.2 Å². The van der Waals surface area contributed by atoms with E-state index in [1.807, 2.05) is 84.9 Å². The number of carboxylic acid groups (broad SMARTS) is 1. The molecule has 3 aromatic carbocycles. The maximum absolute atomic E-state index is 14.0. The number of nitrogens with zero attached hydrogens (tertiary/aromatic N) is 1. The molecular formula is C35H36ClNO4S. The van der Waals surface area contributed by atoms with Crippen LogP contribution in [-0.2, 0) is 27.6 Å². The summed E-state index contributed by atoms with van der Waals surface area (Å²) < 4.78 is 14.0. The van der Waals surface area contributed by atoms with Crippen LogP contribution in [0.15, 0.2) is 78.9 Å². The van der Waals surface area contributed by atoms with Gasteiger partial charge in [0.25, 0.3) is 0 Å². The van der Waals surface area contributed by atoms with Gasteiger partial charge in [0.1, 0.15) is 0 Å². The lowest BCUT2D eigenvalue weighted by atomic mass is 9.90. The summed E-state index contributed by atoms with van der Waals surface area (Å²) in [5, 5.41) is 21.6. The number of benzene rings is 3. The largest absolute Gasteiger partial charge is 0.481 e. The first-order valence-electron chi connectivity index (χ1n) is 14.3. The smallest absolute Gasteiger partial charge is 0.303 e. The monoisotopic (exact) mass is 601 g/mol. The highest BCUT2D eigenvalue weighted by atomic mass is 35.5. The molecule has 2 atom stereocenters. The van der Waals surface area contributed by atoms with Gasteiger partial charge in [-0.1, -0.05) is 78.3 Å². The predicted molar refractivity (Wildman–Crippen MR) is 172 cm³/mol. The standard InChI is InChI=1S/C35H36ClNO4S/c1-34(2,40)30-9-4-3-7-25(30)13-17-32(42(41)23-35(18-19-35)22-33(38)39)27-8-5-6-24(20-27)10-15-29-16-12-26-11-14-28(36)21-31(26)37-29/h3-12,14-16,20-21,32,40H,13,17-19,22-23H2,1-2H3,(H,38,39)/b15-10+/t32?,42-/m0/s1. The zero-order valence-electron chi connectivity index (χ0n) is 23.9. The number of aryl methyl sites for hydroxylation is 1. The van der Waals surface area contributed by atoms with Gasteiger partial charge in [0.05, 0.1) is 28.5 Å². The van der Waals surface area contributed by atoms with E-state index in [9.17, 15) is 19.2 Å². The van der Waals surface area contributed by atoms with Gasteiger partial charge in [-0.2, -0.15) is 0 Å². The van der Waals surface area contributed by atoms with E-state index in [0.717, 1.165) is 51.7 Å². The van der Waals surface area contributed by atoms with Gasteiger partial charge in [0.2, 0.25) is 0 Å². The predicted octanol–water partition coefficient (Wildman–Crippen LogP) is 7.96. The van der Waals surface area contributed by atoms with Crippen LogP contribution in [0.4, 0.5) is 0 Å². The number of halogens is 1. The Morgan fingerprint density at radius 1 is 1.05 bits per heavy atom. The Hall–Kier alpha value is -3.32. The zero-order chi connectivity index (χ0) is 29.9. The van der Waals surface area contributed by atoms with E-state index in [2.05, 4.69) is 6.07 Å². The van der Waals surface area contributed by atoms with Gasteiger partial charge in [-0.05, 0) is 91.5 Å². The quantitative estimate of drug-likeness (QED) is 0.172. The van der Waals surface area contributed by atoms with E-state index in [-0.39, 0.29) is 17.1 Å². The second-order valence-electron chi connectivity index (χ2n) is 11.9. The molecule has 0 saturated heterocycles. The first-order chi connectivity index (χ1) is 20.0. The lowest BCUT2D eigenvalue weighted by Crippen LogP contribution is -2.22. The van der Waals surface area contributed by atoms with Crippen molar-refractivity contribution in [3.05, 3.63) is 112 Å². The van der Waals surface area contributed by atoms with Gasteiger partial charge in [-0.3, -0.25) is 9.00 Å². The number of carbonyl (C=O) groups is 1. The van der Waals surface area contributed by atoms with Gasteiger partial charge in [0.15, 0.2) is 0 Å². The van der Waals surface area contributed by atoms with Crippen LogP contribution < -0.4 is 0 Å². The highest BCUT2D eigenvalue weighted by Crippen LogP contribution is 2.50. The average Bonchev–Trinajstić information content (AvgIpc) is 3.69. The van der Waals surface area contributed by atoms with Crippen LogP contribution in [-0.4, -0.2) is 31.1 Å². The summed E-state index contributed by atoms with van der Waals surface area (Å²) in [5.74, 6) is -0.461. The number of rotatable bonds is 12. The topological polar surface area (TPSA) is 87.5 Å². The van der Waals surface area contributed by atoms with Gasteiger partial charge in [-0.25, -0.2) is 4.98 Å². The van der Waals surface area contributed by atoms with Crippen molar-refractivity contribution in [3.8, 4) is 0 Å². The number of fused-ring (bicyclic) bond motifs is 1. The van der Waals surface area contributed by atoms with Crippen molar-refractivity contribution in [2.24, 2.45) is 5.41 Å². The molecule has 218 valence electrons. The minimum Gasteiger partial charge on any atom is -0.481 e. The molecule has 5 rings (SSSR count). The maximum atomic E-state index is 14.0. The average molecular weight is 602 g/mol. The van der Waals surface area contributed by atoms with Crippen LogP contribution in [0, 0.1) is 5.41 Å². The zero-order valence-corrected chi connectivity index (χ0v) is 25.5. The number of aliphatic hydroxyl groups is 1. The molecule has 0 radical (unpaired) electrons. The molecule has 1 aromatic heterocycles. The highest BCUT2D eigenvalue weighted by molar-refractivity contribution is 7.85. The van der Waals surface area contributed by atoms with Crippen LogP contribution in [0.25, 0.3) is 23.1 Å². The number of aromatic nitrogens is 1. The molecule has 1 aliphatic rings. The minimum atomic E-state index is -1.27. The van der Waals surface area contributed by atoms with Gasteiger partial charge >= 0.3 is 5.97 Å². The molecule has 0 aliphatic heterocycles. The number of aliphatic carboxylic acids is 1. The summed E-state index contributed by atoms with van der Waals surface area (Å²) >= 11 is 6.16. The number of hydrogen-bond acceptors (Lipinski definition) is 4. The number of pyridine rings is 1. The van der Waals surface area contributed by atoms with Crippen molar-refractivity contribution < 1.29 is 19.2 Å².